The number of carboxylic acids is 1. The van der Waals surface area contributed by atoms with Gasteiger partial charge in [0, 0.05) is 6.42 Å². The summed E-state index contributed by atoms with van der Waals surface area (Å²) < 4.78 is 34.0. The molecule has 0 rings (SSSR count). The van der Waals surface area contributed by atoms with Crippen LogP contribution in [0.15, 0.2) is 0 Å². The molecule has 0 radical (unpaired) electrons. The summed E-state index contributed by atoms with van der Waals surface area (Å²) in [5.74, 6) is 0.0737. The first kappa shape index (κ1) is 20.3. The molecule has 0 fully saturated rings. The van der Waals surface area contributed by atoms with Crippen LogP contribution in [0, 0.1) is 10.2 Å². The number of carboxylic acid groups (broad SMARTS) is 1. The highest BCUT2D eigenvalue weighted by atomic mass is 35.7. The standard InChI is InChI=1S/C5H11NO2S.ClHO4.H2O/c1-9-3-2-4(6)5(7)8;2-1(3,4)5;/h4H,2-3,6H2,1H3,(H,7,8);(H,2,3,4,5);1H2/t4-;;/m0../s1. The monoisotopic (exact) mass is 267 g/mol. The fourth-order valence-electron chi connectivity index (χ4n) is 0.384. The molecule has 0 unspecified atom stereocenters. The number of halogens is 1. The molecule has 0 aliphatic carbocycles. The molecule has 0 aromatic carbocycles. The lowest BCUT2D eigenvalue weighted by molar-refractivity contribution is -2.00. The van der Waals surface area contributed by atoms with E-state index in [0.717, 1.165) is 5.75 Å². The zero-order valence-corrected chi connectivity index (χ0v) is 9.55. The number of hydrogen-bond acceptors (Lipinski definition) is 6. The molecule has 0 heterocycles. The fourth-order valence-corrected chi connectivity index (χ4v) is 0.904. The zero-order chi connectivity index (χ0) is 11.8. The van der Waals surface area contributed by atoms with Crippen molar-refractivity contribution in [2.24, 2.45) is 0 Å². The number of rotatable bonds is 4. The highest BCUT2D eigenvalue weighted by Crippen LogP contribution is 1.96. The Morgan fingerprint density at radius 3 is 2.00 bits per heavy atom. The van der Waals surface area contributed by atoms with Crippen LogP contribution >= 0.6 is 11.8 Å². The summed E-state index contributed by atoms with van der Waals surface area (Å²) in [7, 11) is -4.94. The zero-order valence-electron chi connectivity index (χ0n) is 7.97. The molecule has 8 nitrogen and oxygen atoms in total. The minimum Gasteiger partial charge on any atom is -0.477 e. The molecule has 0 amide bonds. The highest BCUT2D eigenvalue weighted by Gasteiger charge is 2.13. The Morgan fingerprint density at radius 1 is 1.47 bits per heavy atom. The Bertz CT molecular complexity index is 158. The van der Waals surface area contributed by atoms with Gasteiger partial charge < -0.3 is 16.3 Å². The molecule has 0 spiro atoms. The van der Waals surface area contributed by atoms with Crippen LogP contribution in [0.1, 0.15) is 6.42 Å². The summed E-state index contributed by atoms with van der Waals surface area (Å²) in [6.45, 7) is 0. The van der Waals surface area contributed by atoms with Gasteiger partial charge in [-0.2, -0.15) is 11.8 Å². The van der Waals surface area contributed by atoms with Gasteiger partial charge in [-0.05, 0) is 12.0 Å². The Balaban J connectivity index is -0.000000208. The van der Waals surface area contributed by atoms with Crippen molar-refractivity contribution < 1.29 is 50.0 Å². The second-order valence-electron chi connectivity index (χ2n) is 2.19. The van der Waals surface area contributed by atoms with Crippen molar-refractivity contribution >= 4 is 17.7 Å². The maximum Gasteiger partial charge on any atom is 0.362 e. The van der Waals surface area contributed by atoms with Crippen molar-refractivity contribution in [3.8, 4) is 0 Å². The van der Waals surface area contributed by atoms with Crippen LogP contribution in [0.25, 0.3) is 0 Å². The number of thioether (sulfide) groups is 1. The highest BCUT2D eigenvalue weighted by molar-refractivity contribution is 7.98. The molecular formula is C5H14ClNO7S. The summed E-state index contributed by atoms with van der Waals surface area (Å²) in [6, 6.07) is -0.433. The van der Waals surface area contributed by atoms with Crippen LogP contribution in [0.4, 0.5) is 0 Å². The molecule has 1 atom stereocenters. The largest absolute Gasteiger partial charge is 0.477 e. The number of carbonyl (C=O) groups is 1. The van der Waals surface area contributed by atoms with E-state index in [2.05, 4.69) is 5.73 Å². The van der Waals surface area contributed by atoms with Crippen molar-refractivity contribution in [2.45, 2.75) is 12.5 Å². The predicted molar refractivity (Wildman–Crippen MR) is 40.9 cm³/mol. The van der Waals surface area contributed by atoms with Gasteiger partial charge in [-0.15, -0.1) is 10.2 Å². The maximum atomic E-state index is 10.1. The minimum absolute atomic E-state index is 0. The van der Waals surface area contributed by atoms with Crippen molar-refractivity contribution in [3.05, 3.63) is 0 Å². The molecule has 0 saturated carbocycles. The lowest BCUT2D eigenvalue weighted by atomic mass is 10.2. The van der Waals surface area contributed by atoms with Crippen molar-refractivity contribution in [2.75, 3.05) is 12.0 Å². The maximum absolute atomic E-state index is 10.1. The third kappa shape index (κ3) is 31.6. The van der Waals surface area contributed by atoms with E-state index >= 15 is 0 Å². The van der Waals surface area contributed by atoms with Gasteiger partial charge in [0.1, 0.15) is 0 Å². The van der Waals surface area contributed by atoms with E-state index in [4.69, 9.17) is 23.7 Å². The Kier molecular flexibility index (Phi) is 14.1. The van der Waals surface area contributed by atoms with Crippen LogP contribution < -0.4 is 24.4 Å². The van der Waals surface area contributed by atoms with Crippen LogP contribution in [0.2, 0.25) is 0 Å². The molecule has 0 aliphatic rings. The smallest absolute Gasteiger partial charge is 0.362 e. The average Bonchev–Trinajstić information content (AvgIpc) is 1.96. The predicted octanol–water partition coefficient (Wildman–Crippen LogP) is -6.15. The Morgan fingerprint density at radius 2 is 1.80 bits per heavy atom. The summed E-state index contributed by atoms with van der Waals surface area (Å²) in [4.78, 5) is 10.1. The second kappa shape index (κ2) is 10.4. The van der Waals surface area contributed by atoms with Crippen LogP contribution in [-0.4, -0.2) is 34.6 Å². The van der Waals surface area contributed by atoms with Gasteiger partial charge in [-0.25, -0.2) is 23.4 Å². The number of hydrogen-bond donors (Lipinski definition) is 2. The molecule has 94 valence electrons. The molecule has 6 N–H and O–H groups in total. The van der Waals surface area contributed by atoms with Gasteiger partial charge in [0.05, 0.1) is 0 Å². The van der Waals surface area contributed by atoms with Gasteiger partial charge in [0.2, 0.25) is 0 Å². The van der Waals surface area contributed by atoms with Gasteiger partial charge in [0.25, 0.3) is 0 Å². The molecule has 0 aliphatic heterocycles. The van der Waals surface area contributed by atoms with E-state index in [0.29, 0.717) is 6.42 Å². The summed E-state index contributed by atoms with van der Waals surface area (Å²) >= 11 is 1.64. The normalized spacial score (nSPS) is 11.9. The van der Waals surface area contributed by atoms with Gasteiger partial charge >= 0.3 is 5.97 Å². The van der Waals surface area contributed by atoms with E-state index in [1.807, 2.05) is 6.26 Å². The van der Waals surface area contributed by atoms with E-state index in [-0.39, 0.29) is 5.48 Å². The van der Waals surface area contributed by atoms with Crippen LogP contribution in [-0.2, 0) is 4.79 Å². The van der Waals surface area contributed by atoms with E-state index in [9.17, 15) is 4.79 Å². The SMILES string of the molecule is CSCC[C@H]([NH3+])C(=O)O.O.[O-][Cl+3]([O-])([O-])[O-]. The summed E-state index contributed by atoms with van der Waals surface area (Å²) in [5, 5.41) is 8.34. The first-order valence-corrected chi connectivity index (χ1v) is 5.98. The molecule has 10 heteroatoms. The summed E-state index contributed by atoms with van der Waals surface area (Å²) in [6.07, 6.45) is 2.62. The van der Waals surface area contributed by atoms with E-state index in [1.54, 1.807) is 11.8 Å². The first-order valence-electron chi connectivity index (χ1n) is 3.35. The van der Waals surface area contributed by atoms with E-state index in [1.165, 1.54) is 0 Å². The molecule has 0 aromatic rings. The molecular weight excluding hydrogens is 254 g/mol. The van der Waals surface area contributed by atoms with Crippen molar-refractivity contribution in [1.29, 1.82) is 0 Å². The number of quaternary nitrogens is 1. The third-order valence-electron chi connectivity index (χ3n) is 1.02. The minimum atomic E-state index is -4.94. The topological polar surface area (TPSA) is 189 Å². The van der Waals surface area contributed by atoms with Crippen LogP contribution in [0.3, 0.4) is 0 Å². The van der Waals surface area contributed by atoms with Crippen LogP contribution in [0.5, 0.6) is 0 Å². The average molecular weight is 268 g/mol. The third-order valence-corrected chi connectivity index (χ3v) is 1.66. The Labute approximate surface area is 92.7 Å². The second-order valence-corrected chi connectivity index (χ2v) is 3.94. The van der Waals surface area contributed by atoms with Crippen molar-refractivity contribution in [1.82, 2.24) is 0 Å². The fraction of sp³-hybridized carbons (Fsp3) is 0.800. The lowest BCUT2D eigenvalue weighted by Gasteiger charge is -2.17. The molecule has 0 aromatic heterocycles. The van der Waals surface area contributed by atoms with Gasteiger partial charge in [-0.3, -0.25) is 0 Å². The Hall–Kier alpha value is -0.130. The van der Waals surface area contributed by atoms with Gasteiger partial charge in [0.15, 0.2) is 6.04 Å². The molecule has 0 bridgehead atoms. The lowest BCUT2D eigenvalue weighted by Crippen LogP contribution is -2.68. The van der Waals surface area contributed by atoms with Gasteiger partial charge in [-0.1, -0.05) is 0 Å². The molecule has 15 heavy (non-hydrogen) atoms. The molecule has 0 saturated heterocycles. The summed E-state index contributed by atoms with van der Waals surface area (Å²) in [5.41, 5.74) is 3.46. The first-order chi connectivity index (χ1) is 6.18. The van der Waals surface area contributed by atoms with E-state index < -0.39 is 22.3 Å². The quantitative estimate of drug-likeness (QED) is 0.506. The number of aliphatic carboxylic acids is 1. The van der Waals surface area contributed by atoms with Crippen molar-refractivity contribution in [3.63, 3.8) is 0 Å².